The van der Waals surface area contributed by atoms with Crippen LogP contribution in [0.4, 0.5) is 0 Å². The first kappa shape index (κ1) is 12.4. The van der Waals surface area contributed by atoms with Crippen LogP contribution in [0, 0.1) is 0 Å². The normalized spacial score (nSPS) is 9.31. The second kappa shape index (κ2) is 6.85. The van der Waals surface area contributed by atoms with Crippen LogP contribution in [0.2, 0.25) is 0 Å². The molecule has 0 aliphatic rings. The number of carboxylic acid groups (broad SMARTS) is 1. The number of hydrogen-bond acceptors (Lipinski definition) is 5. The van der Waals surface area contributed by atoms with E-state index in [2.05, 4.69) is 0 Å². The van der Waals surface area contributed by atoms with Crippen LogP contribution in [0.25, 0.3) is 0 Å². The van der Waals surface area contributed by atoms with Gasteiger partial charge in [0, 0.05) is 0 Å². The molecule has 1 N–H and O–H groups in total. The van der Waals surface area contributed by atoms with E-state index >= 15 is 0 Å². The molecule has 0 atom stereocenters. The van der Waals surface area contributed by atoms with Gasteiger partial charge in [-0.3, -0.25) is 9.59 Å². The number of carbonyl (C=O) groups excluding carboxylic acids is 1. The van der Waals surface area contributed by atoms with Crippen molar-refractivity contribution in [1.29, 1.82) is 0 Å². The van der Waals surface area contributed by atoms with E-state index in [1.54, 1.807) is 6.92 Å². The number of rotatable bonds is 5. The van der Waals surface area contributed by atoms with Gasteiger partial charge in [0.05, 0.1) is 12.4 Å². The number of carboxylic acids is 1. The van der Waals surface area contributed by atoms with Crippen LogP contribution in [-0.2, 0) is 14.3 Å². The third-order valence-corrected chi connectivity index (χ3v) is 2.25. The molecule has 0 aromatic heterocycles. The number of thiocarbonyl (C=S) groups is 1. The molecule has 0 saturated heterocycles. The third kappa shape index (κ3) is 7.73. The van der Waals surface area contributed by atoms with Gasteiger partial charge in [0.1, 0.15) is 6.42 Å². The first-order chi connectivity index (χ1) is 6.06. The van der Waals surface area contributed by atoms with Crippen molar-refractivity contribution in [2.24, 2.45) is 0 Å². The molecule has 0 aromatic carbocycles. The summed E-state index contributed by atoms with van der Waals surface area (Å²) in [6, 6.07) is 0. The molecule has 0 radical (unpaired) electrons. The molecule has 0 bridgehead atoms. The minimum absolute atomic E-state index is 0.0606. The summed E-state index contributed by atoms with van der Waals surface area (Å²) in [5.41, 5.74) is 0. The first-order valence-corrected chi connectivity index (χ1v) is 4.98. The third-order valence-electron chi connectivity index (χ3n) is 0.962. The number of ether oxygens (including phenoxy) is 1. The number of carbonyl (C=O) groups is 2. The summed E-state index contributed by atoms with van der Waals surface area (Å²) < 4.78 is 5.17. The molecule has 13 heavy (non-hydrogen) atoms. The van der Waals surface area contributed by atoms with Crippen LogP contribution in [0.15, 0.2) is 0 Å². The van der Waals surface area contributed by atoms with E-state index in [0.717, 1.165) is 11.8 Å². The van der Waals surface area contributed by atoms with Crippen molar-refractivity contribution in [1.82, 2.24) is 0 Å². The quantitative estimate of drug-likeness (QED) is 0.555. The highest BCUT2D eigenvalue weighted by molar-refractivity contribution is 8.23. The average molecular weight is 222 g/mol. The minimum atomic E-state index is -1.12. The first-order valence-electron chi connectivity index (χ1n) is 3.59. The predicted molar refractivity (Wildman–Crippen MR) is 53.9 cm³/mol. The molecule has 0 saturated carbocycles. The summed E-state index contributed by atoms with van der Waals surface area (Å²) in [7, 11) is 0. The smallest absolute Gasteiger partial charge is 0.310 e. The van der Waals surface area contributed by atoms with Gasteiger partial charge in [0.15, 0.2) is 5.78 Å². The largest absolute Gasteiger partial charge is 0.481 e. The molecule has 0 rings (SSSR count). The Labute approximate surface area is 85.6 Å². The highest BCUT2D eigenvalue weighted by Gasteiger charge is 2.09. The van der Waals surface area contributed by atoms with Crippen molar-refractivity contribution in [3.05, 3.63) is 0 Å². The van der Waals surface area contributed by atoms with Gasteiger partial charge in [-0.15, -0.1) is 0 Å². The Kier molecular flexibility index (Phi) is 6.52. The summed E-state index contributed by atoms with van der Waals surface area (Å²) in [5, 5.41) is 8.26. The number of ketones is 1. The number of hydrogen-bond donors (Lipinski definition) is 1. The summed E-state index contributed by atoms with van der Waals surface area (Å²) in [4.78, 5) is 20.9. The van der Waals surface area contributed by atoms with Gasteiger partial charge in [0.25, 0.3) is 0 Å². The zero-order valence-electron chi connectivity index (χ0n) is 7.11. The lowest BCUT2D eigenvalue weighted by Gasteiger charge is -2.01. The van der Waals surface area contributed by atoms with Gasteiger partial charge in [-0.1, -0.05) is 11.8 Å². The van der Waals surface area contributed by atoms with Crippen molar-refractivity contribution >= 4 is 40.1 Å². The molecule has 0 fully saturated rings. The molecule has 0 aliphatic heterocycles. The van der Waals surface area contributed by atoms with Crippen LogP contribution >= 0.6 is 24.0 Å². The second-order valence-electron chi connectivity index (χ2n) is 2.08. The van der Waals surface area contributed by atoms with Gasteiger partial charge in [-0.05, 0) is 19.1 Å². The van der Waals surface area contributed by atoms with E-state index in [1.807, 2.05) is 0 Å². The fourth-order valence-corrected chi connectivity index (χ4v) is 1.40. The molecular formula is C7H10O4S2. The van der Waals surface area contributed by atoms with Crippen LogP contribution in [0.5, 0.6) is 0 Å². The fourth-order valence-electron chi connectivity index (χ4n) is 0.519. The van der Waals surface area contributed by atoms with E-state index in [1.165, 1.54) is 0 Å². The molecule has 0 unspecified atom stereocenters. The monoisotopic (exact) mass is 222 g/mol. The Hall–Kier alpha value is -0.620. The highest BCUT2D eigenvalue weighted by atomic mass is 32.2. The molecular weight excluding hydrogens is 212 g/mol. The zero-order valence-corrected chi connectivity index (χ0v) is 8.74. The van der Waals surface area contributed by atoms with Crippen molar-refractivity contribution in [2.45, 2.75) is 13.3 Å². The SMILES string of the molecule is CCOC(=S)SCC(=O)CC(=O)O. The maximum Gasteiger partial charge on any atom is 0.310 e. The van der Waals surface area contributed by atoms with Crippen LogP contribution in [0.1, 0.15) is 13.3 Å². The van der Waals surface area contributed by atoms with Crippen molar-refractivity contribution in [3.8, 4) is 0 Å². The molecule has 0 aliphatic carbocycles. The van der Waals surface area contributed by atoms with Crippen LogP contribution in [-0.4, -0.2) is 33.6 Å². The van der Waals surface area contributed by atoms with Crippen molar-refractivity contribution in [2.75, 3.05) is 12.4 Å². The standard InChI is InChI=1S/C7H10O4S2/c1-2-11-7(12)13-4-5(8)3-6(9)10/h2-4H2,1H3,(H,9,10). The van der Waals surface area contributed by atoms with Crippen molar-refractivity contribution < 1.29 is 19.4 Å². The molecule has 0 heterocycles. The molecule has 4 nitrogen and oxygen atoms in total. The van der Waals surface area contributed by atoms with E-state index < -0.39 is 12.4 Å². The van der Waals surface area contributed by atoms with Crippen LogP contribution < -0.4 is 0 Å². The predicted octanol–water partition coefficient (Wildman–Crippen LogP) is 1.08. The Balaban J connectivity index is 3.58. The molecule has 0 spiro atoms. The van der Waals surface area contributed by atoms with E-state index in [4.69, 9.17) is 22.1 Å². The lowest BCUT2D eigenvalue weighted by atomic mass is 10.3. The van der Waals surface area contributed by atoms with E-state index in [9.17, 15) is 9.59 Å². The summed E-state index contributed by atoms with van der Waals surface area (Å²) in [6.07, 6.45) is -0.457. The van der Waals surface area contributed by atoms with Gasteiger partial charge in [-0.25, -0.2) is 0 Å². The van der Waals surface area contributed by atoms with Gasteiger partial charge in [0.2, 0.25) is 4.38 Å². The van der Waals surface area contributed by atoms with E-state index in [-0.39, 0.29) is 15.9 Å². The lowest BCUT2D eigenvalue weighted by Crippen LogP contribution is -2.10. The van der Waals surface area contributed by atoms with E-state index in [0.29, 0.717) is 6.61 Å². The maximum absolute atomic E-state index is 10.8. The lowest BCUT2D eigenvalue weighted by molar-refractivity contribution is -0.139. The van der Waals surface area contributed by atoms with Crippen molar-refractivity contribution in [3.63, 3.8) is 0 Å². The van der Waals surface area contributed by atoms with Gasteiger partial charge >= 0.3 is 5.97 Å². The Morgan fingerprint density at radius 2 is 2.15 bits per heavy atom. The molecule has 6 heteroatoms. The molecule has 74 valence electrons. The molecule has 0 aromatic rings. The summed E-state index contributed by atoms with van der Waals surface area (Å²) in [6.45, 7) is 2.24. The fraction of sp³-hybridized carbons (Fsp3) is 0.571. The number of Topliss-reactive ketones (excluding diaryl/α,β-unsaturated/α-hetero) is 1. The summed E-state index contributed by atoms with van der Waals surface area (Å²) >= 11 is 5.77. The zero-order chi connectivity index (χ0) is 10.3. The second-order valence-corrected chi connectivity index (χ2v) is 3.66. The minimum Gasteiger partial charge on any atom is -0.481 e. The maximum atomic E-state index is 10.8. The number of thioether (sulfide) groups is 1. The number of aliphatic carboxylic acids is 1. The Bertz CT molecular complexity index is 215. The van der Waals surface area contributed by atoms with Crippen LogP contribution in [0.3, 0.4) is 0 Å². The average Bonchev–Trinajstić information content (AvgIpc) is 2.00. The highest BCUT2D eigenvalue weighted by Crippen LogP contribution is 2.06. The topological polar surface area (TPSA) is 63.6 Å². The Morgan fingerprint density at radius 1 is 1.54 bits per heavy atom. The van der Waals surface area contributed by atoms with Gasteiger partial charge < -0.3 is 9.84 Å². The molecule has 0 amide bonds. The Morgan fingerprint density at radius 3 is 2.62 bits per heavy atom. The van der Waals surface area contributed by atoms with Gasteiger partial charge in [-0.2, -0.15) is 0 Å². The summed E-state index contributed by atoms with van der Waals surface area (Å²) in [5.74, 6) is -1.42.